The summed E-state index contributed by atoms with van der Waals surface area (Å²) in [6.07, 6.45) is 2.38. The first-order chi connectivity index (χ1) is 15.5. The summed E-state index contributed by atoms with van der Waals surface area (Å²) in [5, 5.41) is 6.40. The number of carbonyl (C=O) groups excluding carboxylic acids is 1. The van der Waals surface area contributed by atoms with E-state index in [1.807, 2.05) is 24.3 Å². The number of anilines is 4. The molecule has 4 rings (SSSR count). The fourth-order valence-electron chi connectivity index (χ4n) is 3.78. The average molecular weight is 434 g/mol. The first-order valence-corrected chi connectivity index (χ1v) is 10.4. The maximum atomic E-state index is 12.0. The Morgan fingerprint density at radius 1 is 1.19 bits per heavy atom. The molecule has 0 saturated heterocycles. The van der Waals surface area contributed by atoms with Crippen LogP contribution < -0.4 is 26.8 Å². The number of para-hydroxylation sites is 1. The second kappa shape index (κ2) is 9.21. The molecule has 166 valence electrons. The highest BCUT2D eigenvalue weighted by atomic mass is 16.5. The molecule has 0 atom stereocenters. The zero-order valence-electron chi connectivity index (χ0n) is 18.2. The summed E-state index contributed by atoms with van der Waals surface area (Å²) in [7, 11) is 3.73. The topological polar surface area (TPSA) is 131 Å². The van der Waals surface area contributed by atoms with Crippen LogP contribution in [0.25, 0.3) is 0 Å². The first kappa shape index (κ1) is 21.5. The van der Waals surface area contributed by atoms with Crippen LogP contribution in [0.3, 0.4) is 0 Å². The zero-order valence-corrected chi connectivity index (χ0v) is 18.2. The molecule has 2 heterocycles. The lowest BCUT2D eigenvalue weighted by atomic mass is 9.99. The number of likely N-dealkylation sites (N-methyl/N-ethyl adjacent to an activating group) is 1. The zero-order chi connectivity index (χ0) is 22.7. The minimum absolute atomic E-state index is 0.182. The van der Waals surface area contributed by atoms with Crippen molar-refractivity contribution in [2.24, 2.45) is 11.5 Å². The number of aromatic nitrogens is 2. The van der Waals surface area contributed by atoms with E-state index in [0.29, 0.717) is 24.1 Å². The lowest BCUT2D eigenvalue weighted by molar-refractivity contribution is 0.100. The molecule has 32 heavy (non-hydrogen) atoms. The molecule has 0 spiro atoms. The van der Waals surface area contributed by atoms with Crippen molar-refractivity contribution in [3.8, 4) is 5.75 Å². The molecule has 9 nitrogen and oxygen atoms in total. The summed E-state index contributed by atoms with van der Waals surface area (Å²) in [5.41, 5.74) is 16.5. The van der Waals surface area contributed by atoms with Crippen LogP contribution >= 0.6 is 0 Å². The summed E-state index contributed by atoms with van der Waals surface area (Å²) in [6.45, 7) is 2.21. The standard InChI is InChI=1S/C23H27N7O2/c1-30-8-7-14-10-20(32-2)19(9-16(14)13-30)28-23-26-12-17(21(25)31)22(29-23)27-18-6-4-3-5-15(18)11-24/h3-6,9-10,12H,7-8,11,13,24H2,1-2H3,(H2,25,31)(H2,26,27,28,29). The fraction of sp³-hybridized carbons (Fsp3) is 0.261. The maximum absolute atomic E-state index is 12.0. The Labute approximate surface area is 186 Å². The van der Waals surface area contributed by atoms with E-state index >= 15 is 0 Å². The van der Waals surface area contributed by atoms with Crippen LogP contribution in [0.4, 0.5) is 23.1 Å². The summed E-state index contributed by atoms with van der Waals surface area (Å²) in [4.78, 5) is 23.0. The summed E-state index contributed by atoms with van der Waals surface area (Å²) in [6, 6.07) is 11.7. The van der Waals surface area contributed by atoms with Gasteiger partial charge >= 0.3 is 0 Å². The van der Waals surface area contributed by atoms with Crippen LogP contribution in [0.15, 0.2) is 42.6 Å². The van der Waals surface area contributed by atoms with Crippen LogP contribution in [0.2, 0.25) is 0 Å². The first-order valence-electron chi connectivity index (χ1n) is 10.4. The third kappa shape index (κ3) is 4.48. The van der Waals surface area contributed by atoms with Gasteiger partial charge in [-0.2, -0.15) is 4.98 Å². The molecule has 9 heteroatoms. The number of nitrogens with two attached hydrogens (primary N) is 2. The van der Waals surface area contributed by atoms with E-state index in [9.17, 15) is 4.79 Å². The lowest BCUT2D eigenvalue weighted by Crippen LogP contribution is -2.26. The molecule has 0 aliphatic carbocycles. The Bertz CT molecular complexity index is 1150. The van der Waals surface area contributed by atoms with Gasteiger partial charge in [0.25, 0.3) is 5.91 Å². The molecule has 1 aliphatic rings. The summed E-state index contributed by atoms with van der Waals surface area (Å²) < 4.78 is 5.59. The molecular weight excluding hydrogens is 406 g/mol. The molecule has 1 aliphatic heterocycles. The Balaban J connectivity index is 1.69. The molecule has 2 aromatic carbocycles. The van der Waals surface area contributed by atoms with Gasteiger partial charge in [-0.05, 0) is 48.4 Å². The number of primary amides is 1. The fourth-order valence-corrected chi connectivity index (χ4v) is 3.78. The van der Waals surface area contributed by atoms with Crippen LogP contribution in [0, 0.1) is 0 Å². The minimum atomic E-state index is -0.626. The number of carbonyl (C=O) groups is 1. The highest BCUT2D eigenvalue weighted by Crippen LogP contribution is 2.33. The number of rotatable bonds is 7. The number of nitrogens with zero attached hydrogens (tertiary/aromatic N) is 3. The highest BCUT2D eigenvalue weighted by molar-refractivity contribution is 5.98. The smallest absolute Gasteiger partial charge is 0.254 e. The van der Waals surface area contributed by atoms with Gasteiger partial charge in [0.2, 0.25) is 5.95 Å². The van der Waals surface area contributed by atoms with Gasteiger partial charge in [-0.1, -0.05) is 18.2 Å². The van der Waals surface area contributed by atoms with Gasteiger partial charge in [0.1, 0.15) is 17.1 Å². The number of amides is 1. The van der Waals surface area contributed by atoms with E-state index in [1.54, 1.807) is 7.11 Å². The number of hydrogen-bond acceptors (Lipinski definition) is 8. The molecule has 6 N–H and O–H groups in total. The minimum Gasteiger partial charge on any atom is -0.495 e. The average Bonchev–Trinajstić information content (AvgIpc) is 2.79. The second-order valence-electron chi connectivity index (χ2n) is 7.74. The summed E-state index contributed by atoms with van der Waals surface area (Å²) >= 11 is 0. The van der Waals surface area contributed by atoms with Crippen molar-refractivity contribution in [2.75, 3.05) is 31.3 Å². The van der Waals surface area contributed by atoms with Crippen molar-refractivity contribution in [2.45, 2.75) is 19.5 Å². The van der Waals surface area contributed by atoms with Crippen molar-refractivity contribution in [1.29, 1.82) is 0 Å². The predicted octanol–water partition coefficient (Wildman–Crippen LogP) is 2.52. The van der Waals surface area contributed by atoms with E-state index in [2.05, 4.69) is 44.7 Å². The molecule has 0 saturated carbocycles. The normalized spacial score (nSPS) is 13.3. The lowest BCUT2D eigenvalue weighted by Gasteiger charge is -2.26. The third-order valence-electron chi connectivity index (χ3n) is 5.52. The molecule has 0 radical (unpaired) electrons. The van der Waals surface area contributed by atoms with Crippen molar-refractivity contribution >= 4 is 29.0 Å². The SMILES string of the molecule is COc1cc2c(cc1Nc1ncc(C(N)=O)c(Nc3ccccc3CN)n1)CN(C)CC2. The van der Waals surface area contributed by atoms with Gasteiger partial charge in [-0.25, -0.2) is 4.98 Å². The number of fused-ring (bicyclic) bond motifs is 1. The number of nitrogens with one attached hydrogen (secondary N) is 2. The van der Waals surface area contributed by atoms with Gasteiger partial charge in [-0.3, -0.25) is 4.79 Å². The number of methoxy groups -OCH3 is 1. The molecule has 3 aromatic rings. The highest BCUT2D eigenvalue weighted by Gasteiger charge is 2.19. The Morgan fingerprint density at radius 3 is 2.75 bits per heavy atom. The molecule has 0 unspecified atom stereocenters. The molecule has 0 fully saturated rings. The van der Waals surface area contributed by atoms with Crippen LogP contribution in [0.5, 0.6) is 5.75 Å². The van der Waals surface area contributed by atoms with Crippen LogP contribution in [-0.2, 0) is 19.5 Å². The largest absolute Gasteiger partial charge is 0.495 e. The Hall–Kier alpha value is -3.69. The predicted molar refractivity (Wildman–Crippen MR) is 124 cm³/mol. The number of ether oxygens (including phenoxy) is 1. The third-order valence-corrected chi connectivity index (χ3v) is 5.52. The summed E-state index contributed by atoms with van der Waals surface area (Å²) in [5.74, 6) is 0.690. The maximum Gasteiger partial charge on any atom is 0.254 e. The van der Waals surface area contributed by atoms with Crippen molar-refractivity contribution < 1.29 is 9.53 Å². The van der Waals surface area contributed by atoms with Gasteiger partial charge in [-0.15, -0.1) is 0 Å². The van der Waals surface area contributed by atoms with E-state index in [1.165, 1.54) is 17.3 Å². The number of benzene rings is 2. The molecule has 1 amide bonds. The quantitative estimate of drug-likeness (QED) is 0.447. The van der Waals surface area contributed by atoms with E-state index in [0.717, 1.165) is 36.4 Å². The van der Waals surface area contributed by atoms with Gasteiger partial charge < -0.3 is 31.7 Å². The van der Waals surface area contributed by atoms with Gasteiger partial charge in [0, 0.05) is 31.5 Å². The Morgan fingerprint density at radius 2 is 2.00 bits per heavy atom. The number of hydrogen-bond donors (Lipinski definition) is 4. The van der Waals surface area contributed by atoms with Gasteiger partial charge in [0.05, 0.1) is 12.8 Å². The van der Waals surface area contributed by atoms with E-state index in [-0.39, 0.29) is 5.56 Å². The van der Waals surface area contributed by atoms with Gasteiger partial charge in [0.15, 0.2) is 0 Å². The van der Waals surface area contributed by atoms with Crippen molar-refractivity contribution in [3.63, 3.8) is 0 Å². The Kier molecular flexibility index (Phi) is 6.20. The van der Waals surface area contributed by atoms with E-state index in [4.69, 9.17) is 16.2 Å². The van der Waals surface area contributed by atoms with Crippen LogP contribution in [-0.4, -0.2) is 41.5 Å². The molecular formula is C23H27N7O2. The van der Waals surface area contributed by atoms with Crippen molar-refractivity contribution in [1.82, 2.24) is 14.9 Å². The molecule has 1 aromatic heterocycles. The monoisotopic (exact) mass is 433 g/mol. The molecule has 0 bridgehead atoms. The van der Waals surface area contributed by atoms with Crippen LogP contribution in [0.1, 0.15) is 27.0 Å². The second-order valence-corrected chi connectivity index (χ2v) is 7.74. The van der Waals surface area contributed by atoms with E-state index < -0.39 is 5.91 Å². The van der Waals surface area contributed by atoms with Crippen molar-refractivity contribution in [3.05, 3.63) is 64.8 Å².